The van der Waals surface area contributed by atoms with E-state index >= 15 is 0 Å². The average molecular weight is 310 g/mol. The molecule has 126 valence electrons. The molecule has 0 aromatic carbocycles. The first-order chi connectivity index (χ1) is 10.4. The van der Waals surface area contributed by atoms with Crippen molar-refractivity contribution in [1.29, 1.82) is 0 Å². The van der Waals surface area contributed by atoms with Crippen LogP contribution < -0.4 is 10.6 Å². The number of aliphatic imine (C=N–C) groups is 1. The van der Waals surface area contributed by atoms with E-state index in [1.165, 1.54) is 5.56 Å². The molecule has 0 saturated heterocycles. The zero-order valence-corrected chi connectivity index (χ0v) is 14.7. The lowest BCUT2D eigenvalue weighted by Crippen LogP contribution is -2.39. The Morgan fingerprint density at radius 2 is 2.05 bits per heavy atom. The van der Waals surface area contributed by atoms with Crippen LogP contribution in [-0.2, 0) is 11.2 Å². The fraction of sp³-hybridized carbons (Fsp3) is 0.750. The lowest BCUT2D eigenvalue weighted by molar-refractivity contribution is 0.0310. The highest BCUT2D eigenvalue weighted by atomic mass is 16.5. The Morgan fingerprint density at radius 1 is 1.32 bits per heavy atom. The van der Waals surface area contributed by atoms with Crippen molar-refractivity contribution < 1.29 is 9.26 Å². The van der Waals surface area contributed by atoms with E-state index in [-0.39, 0.29) is 5.60 Å². The Labute approximate surface area is 133 Å². The number of ether oxygens (including phenoxy) is 1. The number of methoxy groups -OCH3 is 1. The van der Waals surface area contributed by atoms with Gasteiger partial charge in [0.05, 0.1) is 17.8 Å². The standard InChI is InChI=1S/C16H30N4O2/c1-7-17-15(19-11-16(4,5)21-6)18-10-8-9-14-12(2)20-22-13(14)3/h7-11H2,1-6H3,(H2,17,18,19). The minimum atomic E-state index is -0.251. The molecule has 0 aliphatic rings. The highest BCUT2D eigenvalue weighted by Gasteiger charge is 2.15. The van der Waals surface area contributed by atoms with Crippen molar-refractivity contribution in [2.24, 2.45) is 4.99 Å². The number of guanidine groups is 1. The van der Waals surface area contributed by atoms with Gasteiger partial charge in [0.2, 0.25) is 0 Å². The fourth-order valence-corrected chi connectivity index (χ4v) is 2.01. The van der Waals surface area contributed by atoms with Crippen LogP contribution in [0.2, 0.25) is 0 Å². The van der Waals surface area contributed by atoms with Crippen molar-refractivity contribution in [2.45, 2.75) is 53.1 Å². The second-order valence-corrected chi connectivity index (χ2v) is 5.99. The minimum Gasteiger partial charge on any atom is -0.377 e. The third-order valence-electron chi connectivity index (χ3n) is 3.59. The van der Waals surface area contributed by atoms with Crippen LogP contribution in [0.4, 0.5) is 0 Å². The van der Waals surface area contributed by atoms with Crippen molar-refractivity contribution in [3.63, 3.8) is 0 Å². The second-order valence-electron chi connectivity index (χ2n) is 5.99. The molecule has 0 unspecified atom stereocenters. The van der Waals surface area contributed by atoms with Crippen molar-refractivity contribution in [1.82, 2.24) is 15.8 Å². The molecule has 0 saturated carbocycles. The molecule has 1 rings (SSSR count). The zero-order valence-electron chi connectivity index (χ0n) is 14.7. The number of rotatable bonds is 8. The number of nitrogens with one attached hydrogen (secondary N) is 2. The first-order valence-corrected chi connectivity index (χ1v) is 7.88. The van der Waals surface area contributed by atoms with E-state index in [2.05, 4.69) is 27.7 Å². The summed E-state index contributed by atoms with van der Waals surface area (Å²) in [7, 11) is 1.71. The number of hydrogen-bond donors (Lipinski definition) is 2. The number of hydrogen-bond acceptors (Lipinski definition) is 4. The van der Waals surface area contributed by atoms with Gasteiger partial charge in [-0.15, -0.1) is 0 Å². The summed E-state index contributed by atoms with van der Waals surface area (Å²) in [6.45, 7) is 12.4. The molecule has 22 heavy (non-hydrogen) atoms. The topological polar surface area (TPSA) is 71.7 Å². The molecule has 6 nitrogen and oxygen atoms in total. The summed E-state index contributed by atoms with van der Waals surface area (Å²) in [5.74, 6) is 1.74. The zero-order chi connectivity index (χ0) is 16.6. The molecule has 1 heterocycles. The Kier molecular flexibility index (Phi) is 7.38. The lowest BCUT2D eigenvalue weighted by atomic mass is 10.1. The van der Waals surface area contributed by atoms with Crippen molar-refractivity contribution in [3.8, 4) is 0 Å². The average Bonchev–Trinajstić information content (AvgIpc) is 2.80. The Hall–Kier alpha value is -1.56. The maximum Gasteiger partial charge on any atom is 0.191 e. The molecule has 1 aromatic rings. The van der Waals surface area contributed by atoms with Crippen LogP contribution in [0.25, 0.3) is 0 Å². The quantitative estimate of drug-likeness (QED) is 0.437. The minimum absolute atomic E-state index is 0.251. The monoisotopic (exact) mass is 310 g/mol. The van der Waals surface area contributed by atoms with E-state index in [0.29, 0.717) is 6.54 Å². The third kappa shape index (κ3) is 6.05. The fourth-order valence-electron chi connectivity index (χ4n) is 2.01. The van der Waals surface area contributed by atoms with Crippen LogP contribution >= 0.6 is 0 Å². The first-order valence-electron chi connectivity index (χ1n) is 7.88. The summed E-state index contributed by atoms with van der Waals surface area (Å²) in [6.07, 6.45) is 1.96. The van der Waals surface area contributed by atoms with E-state index in [9.17, 15) is 0 Å². The number of aryl methyl sites for hydroxylation is 2. The summed E-state index contributed by atoms with van der Waals surface area (Å²) < 4.78 is 10.6. The Balaban J connectivity index is 2.43. The largest absolute Gasteiger partial charge is 0.377 e. The van der Waals surface area contributed by atoms with E-state index in [4.69, 9.17) is 9.26 Å². The molecule has 6 heteroatoms. The van der Waals surface area contributed by atoms with Gasteiger partial charge in [-0.25, -0.2) is 0 Å². The molecule has 0 amide bonds. The van der Waals surface area contributed by atoms with Gasteiger partial charge in [0.1, 0.15) is 5.76 Å². The molecule has 0 fully saturated rings. The SMILES string of the molecule is CCNC(=NCC(C)(C)OC)NCCCc1c(C)noc1C. The van der Waals surface area contributed by atoms with Crippen LogP contribution in [-0.4, -0.2) is 43.5 Å². The Bertz CT molecular complexity index is 461. The molecule has 0 atom stereocenters. The van der Waals surface area contributed by atoms with Crippen molar-refractivity contribution >= 4 is 5.96 Å². The van der Waals surface area contributed by atoms with Crippen LogP contribution in [0.1, 0.15) is 44.2 Å². The van der Waals surface area contributed by atoms with E-state index in [1.54, 1.807) is 7.11 Å². The van der Waals surface area contributed by atoms with Crippen molar-refractivity contribution in [2.75, 3.05) is 26.7 Å². The Morgan fingerprint density at radius 3 is 2.59 bits per heavy atom. The maximum atomic E-state index is 5.39. The van der Waals surface area contributed by atoms with Crippen LogP contribution in [0, 0.1) is 13.8 Å². The van der Waals surface area contributed by atoms with Gasteiger partial charge in [-0.1, -0.05) is 5.16 Å². The highest BCUT2D eigenvalue weighted by molar-refractivity contribution is 5.79. The van der Waals surface area contributed by atoms with Gasteiger partial charge in [0.15, 0.2) is 5.96 Å². The second kappa shape index (κ2) is 8.78. The molecule has 0 bridgehead atoms. The predicted molar refractivity (Wildman–Crippen MR) is 89.4 cm³/mol. The summed E-state index contributed by atoms with van der Waals surface area (Å²) >= 11 is 0. The van der Waals surface area contributed by atoms with Gasteiger partial charge in [-0.3, -0.25) is 4.99 Å². The van der Waals surface area contributed by atoms with Gasteiger partial charge in [0.25, 0.3) is 0 Å². The molecular formula is C16H30N4O2. The van der Waals surface area contributed by atoms with Gasteiger partial charge >= 0.3 is 0 Å². The van der Waals surface area contributed by atoms with Crippen LogP contribution in [0.3, 0.4) is 0 Å². The number of aromatic nitrogens is 1. The lowest BCUT2D eigenvalue weighted by Gasteiger charge is -2.21. The van der Waals surface area contributed by atoms with Crippen molar-refractivity contribution in [3.05, 3.63) is 17.0 Å². The van der Waals surface area contributed by atoms with Gasteiger partial charge in [-0.05, 0) is 47.5 Å². The summed E-state index contributed by atoms with van der Waals surface area (Å²) in [5.41, 5.74) is 1.95. The van der Waals surface area contributed by atoms with E-state index < -0.39 is 0 Å². The molecule has 0 aliphatic heterocycles. The molecule has 0 aliphatic carbocycles. The smallest absolute Gasteiger partial charge is 0.191 e. The molecule has 1 aromatic heterocycles. The van der Waals surface area contributed by atoms with Gasteiger partial charge in [-0.2, -0.15) is 0 Å². The first kappa shape index (κ1) is 18.5. The maximum absolute atomic E-state index is 5.39. The molecular weight excluding hydrogens is 280 g/mol. The summed E-state index contributed by atoms with van der Waals surface area (Å²) in [5, 5.41) is 10.6. The summed E-state index contributed by atoms with van der Waals surface area (Å²) in [6, 6.07) is 0. The van der Waals surface area contributed by atoms with Crippen LogP contribution in [0.5, 0.6) is 0 Å². The van der Waals surface area contributed by atoms with Crippen LogP contribution in [0.15, 0.2) is 9.52 Å². The third-order valence-corrected chi connectivity index (χ3v) is 3.59. The highest BCUT2D eigenvalue weighted by Crippen LogP contribution is 2.13. The van der Waals surface area contributed by atoms with E-state index in [0.717, 1.165) is 43.3 Å². The van der Waals surface area contributed by atoms with Gasteiger partial charge < -0.3 is 19.9 Å². The number of nitrogens with zero attached hydrogens (tertiary/aromatic N) is 2. The molecule has 0 spiro atoms. The predicted octanol–water partition coefficient (Wildman–Crippen LogP) is 2.20. The summed E-state index contributed by atoms with van der Waals surface area (Å²) in [4.78, 5) is 4.56. The van der Waals surface area contributed by atoms with Gasteiger partial charge in [0, 0.05) is 25.8 Å². The normalized spacial score (nSPS) is 12.5. The molecule has 2 N–H and O–H groups in total. The van der Waals surface area contributed by atoms with E-state index in [1.807, 2.05) is 27.7 Å². The molecule has 0 radical (unpaired) electrons.